The molecule has 6 nitrogen and oxygen atoms in total. The van der Waals surface area contributed by atoms with Crippen LogP contribution in [0.4, 0.5) is 18.9 Å². The van der Waals surface area contributed by atoms with Crippen LogP contribution in [0, 0.1) is 17.5 Å². The molecule has 0 radical (unpaired) electrons. The molecule has 2 aliphatic heterocycles. The molecule has 1 aromatic heterocycles. The fraction of sp³-hybridized carbons (Fsp3) is 0.217. The predicted octanol–water partition coefficient (Wildman–Crippen LogP) is 3.30. The highest BCUT2D eigenvalue weighted by molar-refractivity contribution is 5.99. The van der Waals surface area contributed by atoms with Crippen molar-refractivity contribution in [2.45, 2.75) is 18.5 Å². The van der Waals surface area contributed by atoms with Crippen molar-refractivity contribution in [3.05, 3.63) is 75.8 Å². The number of aromatic carboxylic acids is 1. The number of nitrogens with one attached hydrogen (secondary N) is 1. The third-order valence-electron chi connectivity index (χ3n) is 6.20. The van der Waals surface area contributed by atoms with Crippen LogP contribution in [0.2, 0.25) is 0 Å². The number of carbonyl (C=O) groups is 1. The highest BCUT2D eigenvalue weighted by Crippen LogP contribution is 2.38. The molecule has 2 aromatic carbocycles. The first kappa shape index (κ1) is 20.3. The Kier molecular flexibility index (Phi) is 4.59. The van der Waals surface area contributed by atoms with Crippen LogP contribution >= 0.6 is 0 Å². The fourth-order valence-corrected chi connectivity index (χ4v) is 4.82. The topological polar surface area (TPSA) is 74.6 Å². The molecule has 164 valence electrons. The Morgan fingerprint density at radius 2 is 2.00 bits per heavy atom. The number of piperazine rings is 1. The van der Waals surface area contributed by atoms with Crippen LogP contribution in [-0.4, -0.2) is 40.8 Å². The summed E-state index contributed by atoms with van der Waals surface area (Å²) in [6, 6.07) is 4.06. The Balaban J connectivity index is 1.90. The zero-order valence-corrected chi connectivity index (χ0v) is 16.7. The molecule has 5 rings (SSSR count). The maximum absolute atomic E-state index is 15.4. The molecule has 2 fully saturated rings. The molecular formula is C23H18F3N3O3. The van der Waals surface area contributed by atoms with Gasteiger partial charge in [0.15, 0.2) is 0 Å². The number of hydrogen-bond acceptors (Lipinski definition) is 4. The molecule has 2 aliphatic rings. The summed E-state index contributed by atoms with van der Waals surface area (Å²) < 4.78 is 44.8. The minimum atomic E-state index is -1.54. The minimum absolute atomic E-state index is 0.0478. The Labute approximate surface area is 180 Å². The number of halogens is 3. The van der Waals surface area contributed by atoms with Crippen molar-refractivity contribution >= 4 is 28.6 Å². The van der Waals surface area contributed by atoms with Crippen LogP contribution in [-0.2, 0) is 0 Å². The van der Waals surface area contributed by atoms with Crippen LogP contribution in [0.15, 0.2) is 41.8 Å². The molecule has 2 bridgehead atoms. The third kappa shape index (κ3) is 2.92. The number of rotatable bonds is 4. The van der Waals surface area contributed by atoms with Crippen LogP contribution in [0.25, 0.3) is 22.7 Å². The first-order chi connectivity index (χ1) is 15.3. The van der Waals surface area contributed by atoms with Gasteiger partial charge in [-0.05, 0) is 24.6 Å². The van der Waals surface area contributed by atoms with Gasteiger partial charge in [-0.1, -0.05) is 12.7 Å². The number of carboxylic acids is 1. The first-order valence-electron chi connectivity index (χ1n) is 10.0. The van der Waals surface area contributed by atoms with E-state index < -0.39 is 34.4 Å². The van der Waals surface area contributed by atoms with Crippen molar-refractivity contribution < 1.29 is 23.1 Å². The van der Waals surface area contributed by atoms with Gasteiger partial charge in [-0.25, -0.2) is 18.0 Å². The zero-order valence-electron chi connectivity index (χ0n) is 16.7. The van der Waals surface area contributed by atoms with Crippen molar-refractivity contribution in [2.75, 3.05) is 18.0 Å². The van der Waals surface area contributed by atoms with E-state index in [2.05, 4.69) is 11.9 Å². The maximum Gasteiger partial charge on any atom is 0.341 e. The molecule has 2 atom stereocenters. The average molecular weight is 441 g/mol. The van der Waals surface area contributed by atoms with Gasteiger partial charge in [0.25, 0.3) is 0 Å². The van der Waals surface area contributed by atoms with E-state index in [9.17, 15) is 23.5 Å². The molecule has 32 heavy (non-hydrogen) atoms. The largest absolute Gasteiger partial charge is 0.477 e. The second kappa shape index (κ2) is 7.23. The highest BCUT2D eigenvalue weighted by atomic mass is 19.1. The van der Waals surface area contributed by atoms with Gasteiger partial charge in [-0.15, -0.1) is 0 Å². The van der Waals surface area contributed by atoms with E-state index in [4.69, 9.17) is 0 Å². The summed E-state index contributed by atoms with van der Waals surface area (Å²) in [6.07, 6.45) is 3.19. The molecular weight excluding hydrogens is 423 g/mol. The Morgan fingerprint density at radius 1 is 1.22 bits per heavy atom. The fourth-order valence-electron chi connectivity index (χ4n) is 4.82. The Hall–Kier alpha value is -3.59. The number of carboxylic acid groups (broad SMARTS) is 1. The van der Waals surface area contributed by atoms with Crippen molar-refractivity contribution in [1.82, 2.24) is 9.88 Å². The lowest BCUT2D eigenvalue weighted by Gasteiger charge is -2.32. The normalized spacial score (nSPS) is 19.7. The molecule has 2 N–H and O–H groups in total. The van der Waals surface area contributed by atoms with Crippen LogP contribution in [0.3, 0.4) is 0 Å². The van der Waals surface area contributed by atoms with Crippen molar-refractivity contribution in [3.63, 3.8) is 0 Å². The standard InChI is InChI=1S/C23H18F3N3O3/c1-2-14-20-15(7-18(26)21(14)28-9-12-6-13(28)8-27-12)22(30)16(23(31)32)10-29(20)19-4-3-11(24)5-17(19)25/h2-5,7,10,12-13,27H,1,6,8-9H2,(H,31,32). The van der Waals surface area contributed by atoms with Gasteiger partial charge in [0, 0.05) is 43.0 Å². The van der Waals surface area contributed by atoms with E-state index >= 15 is 4.39 Å². The average Bonchev–Trinajstić information content (AvgIpc) is 3.37. The van der Waals surface area contributed by atoms with Crippen molar-refractivity contribution in [3.8, 4) is 5.69 Å². The molecule has 0 saturated carbocycles. The number of hydrogen-bond donors (Lipinski definition) is 2. The summed E-state index contributed by atoms with van der Waals surface area (Å²) >= 11 is 0. The van der Waals surface area contributed by atoms with E-state index in [-0.39, 0.29) is 39.9 Å². The second-order valence-corrected chi connectivity index (χ2v) is 8.01. The van der Waals surface area contributed by atoms with Gasteiger partial charge in [-0.3, -0.25) is 4.79 Å². The summed E-state index contributed by atoms with van der Waals surface area (Å²) in [5.41, 5.74) is -1.17. The molecule has 9 heteroatoms. The van der Waals surface area contributed by atoms with Gasteiger partial charge < -0.3 is 19.9 Å². The van der Waals surface area contributed by atoms with E-state index in [1.54, 1.807) is 0 Å². The molecule has 0 amide bonds. The molecule has 3 aromatic rings. The molecule has 0 aliphatic carbocycles. The Bertz CT molecular complexity index is 1370. The van der Waals surface area contributed by atoms with Crippen LogP contribution in [0.1, 0.15) is 22.3 Å². The third-order valence-corrected chi connectivity index (χ3v) is 6.20. The monoisotopic (exact) mass is 441 g/mol. The lowest BCUT2D eigenvalue weighted by molar-refractivity contribution is 0.0695. The summed E-state index contributed by atoms with van der Waals surface area (Å²) in [7, 11) is 0. The molecule has 3 heterocycles. The van der Waals surface area contributed by atoms with E-state index in [0.29, 0.717) is 19.2 Å². The number of pyridine rings is 1. The Morgan fingerprint density at radius 3 is 2.59 bits per heavy atom. The predicted molar refractivity (Wildman–Crippen MR) is 114 cm³/mol. The number of nitrogens with zero attached hydrogens (tertiary/aromatic N) is 2. The smallest absolute Gasteiger partial charge is 0.341 e. The number of aromatic nitrogens is 1. The van der Waals surface area contributed by atoms with Gasteiger partial charge in [0.2, 0.25) is 5.43 Å². The van der Waals surface area contributed by atoms with E-state index in [1.165, 1.54) is 6.08 Å². The second-order valence-electron chi connectivity index (χ2n) is 8.01. The SMILES string of the molecule is C=Cc1c(N2CC3CC2CN3)c(F)cc2c(=O)c(C(=O)O)cn(-c3ccc(F)cc3F)c12. The lowest BCUT2D eigenvalue weighted by atomic mass is 10.0. The van der Waals surface area contributed by atoms with Crippen molar-refractivity contribution in [1.29, 1.82) is 0 Å². The van der Waals surface area contributed by atoms with Crippen molar-refractivity contribution in [2.24, 2.45) is 0 Å². The summed E-state index contributed by atoms with van der Waals surface area (Å²) in [5.74, 6) is -4.01. The number of fused-ring (bicyclic) bond motifs is 3. The minimum Gasteiger partial charge on any atom is -0.477 e. The summed E-state index contributed by atoms with van der Waals surface area (Å²) in [6.45, 7) is 5.01. The van der Waals surface area contributed by atoms with Gasteiger partial charge in [0.05, 0.1) is 22.3 Å². The lowest BCUT2D eigenvalue weighted by Crippen LogP contribution is -2.44. The van der Waals surface area contributed by atoms with E-state index in [1.807, 2.05) is 4.90 Å². The van der Waals surface area contributed by atoms with Gasteiger partial charge in [-0.2, -0.15) is 0 Å². The van der Waals surface area contributed by atoms with Crippen LogP contribution < -0.4 is 15.6 Å². The quantitative estimate of drug-likeness (QED) is 0.650. The summed E-state index contributed by atoms with van der Waals surface area (Å²) in [5, 5.41) is 12.6. The maximum atomic E-state index is 15.4. The van der Waals surface area contributed by atoms with Gasteiger partial charge >= 0.3 is 5.97 Å². The highest BCUT2D eigenvalue weighted by Gasteiger charge is 2.40. The number of anilines is 1. The first-order valence-corrected chi connectivity index (χ1v) is 10.0. The van der Waals surface area contributed by atoms with Gasteiger partial charge in [0.1, 0.15) is 23.0 Å². The zero-order chi connectivity index (χ0) is 22.7. The van der Waals surface area contributed by atoms with Crippen LogP contribution in [0.5, 0.6) is 0 Å². The molecule has 0 spiro atoms. The molecule has 2 unspecified atom stereocenters. The molecule has 2 saturated heterocycles. The summed E-state index contributed by atoms with van der Waals surface area (Å²) in [4.78, 5) is 26.5. The van der Waals surface area contributed by atoms with E-state index in [0.717, 1.165) is 35.4 Å². The number of benzene rings is 2.